The number of benzene rings is 1. The molecule has 1 heterocycles. The van der Waals surface area contributed by atoms with Crippen molar-refractivity contribution in [2.75, 3.05) is 11.9 Å². The molecule has 0 spiro atoms. The second-order valence-electron chi connectivity index (χ2n) is 4.87. The van der Waals surface area contributed by atoms with Gasteiger partial charge in [-0.1, -0.05) is 29.8 Å². The van der Waals surface area contributed by atoms with Crippen LogP contribution in [0.1, 0.15) is 25.3 Å². The number of amides is 1. The first-order valence-electron chi connectivity index (χ1n) is 6.25. The minimum absolute atomic E-state index is 0.0412. The van der Waals surface area contributed by atoms with Crippen molar-refractivity contribution in [3.8, 4) is 0 Å². The molecule has 1 aliphatic heterocycles. The Morgan fingerprint density at radius 2 is 2.11 bits per heavy atom. The van der Waals surface area contributed by atoms with Gasteiger partial charge in [-0.15, -0.1) is 0 Å². The molecule has 19 heavy (non-hydrogen) atoms. The molecule has 0 aliphatic carbocycles. The van der Waals surface area contributed by atoms with Gasteiger partial charge in [0.15, 0.2) is 0 Å². The van der Waals surface area contributed by atoms with E-state index in [9.17, 15) is 9.59 Å². The van der Waals surface area contributed by atoms with E-state index >= 15 is 0 Å². The van der Waals surface area contributed by atoms with Crippen molar-refractivity contribution in [3.05, 3.63) is 41.5 Å². The number of hydrogen-bond donors (Lipinski definition) is 2. The van der Waals surface area contributed by atoms with Gasteiger partial charge in [-0.25, -0.2) is 0 Å². The van der Waals surface area contributed by atoms with Crippen LogP contribution in [-0.2, 0) is 15.0 Å². The number of nitrogens with one attached hydrogen (secondary N) is 1. The molecule has 2 N–H and O–H groups in total. The van der Waals surface area contributed by atoms with Crippen LogP contribution in [0.3, 0.4) is 0 Å². The van der Waals surface area contributed by atoms with Gasteiger partial charge in [-0.2, -0.15) is 0 Å². The van der Waals surface area contributed by atoms with Crippen LogP contribution in [0.2, 0.25) is 0 Å². The van der Waals surface area contributed by atoms with E-state index in [-0.39, 0.29) is 18.9 Å². The van der Waals surface area contributed by atoms with Crippen LogP contribution >= 0.6 is 0 Å². The van der Waals surface area contributed by atoms with Gasteiger partial charge in [0.05, 0.1) is 12.0 Å². The summed E-state index contributed by atoms with van der Waals surface area (Å²) in [4.78, 5) is 23.3. The molecule has 1 atom stereocenters. The predicted molar refractivity (Wildman–Crippen MR) is 72.9 cm³/mol. The van der Waals surface area contributed by atoms with Gasteiger partial charge in [0, 0.05) is 12.1 Å². The summed E-state index contributed by atoms with van der Waals surface area (Å²) >= 11 is 0. The maximum Gasteiger partial charge on any atom is 0.235 e. The van der Waals surface area contributed by atoms with E-state index in [1.165, 1.54) is 0 Å². The molecule has 4 nitrogen and oxygen atoms in total. The smallest absolute Gasteiger partial charge is 0.235 e. The molecule has 0 radical (unpaired) electrons. The van der Waals surface area contributed by atoms with Crippen LogP contribution in [0.15, 0.2) is 35.9 Å². The fourth-order valence-corrected chi connectivity index (χ4v) is 2.42. The average Bonchev–Trinajstić information content (AvgIpc) is 2.70. The van der Waals surface area contributed by atoms with E-state index in [1.807, 2.05) is 30.3 Å². The lowest BCUT2D eigenvalue weighted by Gasteiger charge is -2.24. The zero-order valence-electron chi connectivity index (χ0n) is 10.8. The van der Waals surface area contributed by atoms with Crippen molar-refractivity contribution in [2.45, 2.75) is 25.2 Å². The summed E-state index contributed by atoms with van der Waals surface area (Å²) in [5.74, 6) is -0.150. The molecule has 0 bridgehead atoms. The lowest BCUT2D eigenvalue weighted by Crippen LogP contribution is -2.34. The SMILES string of the molecule is C/C(=C\C[C@@]1(CC=O)C(=O)Nc2ccccc21)CO. The highest BCUT2D eigenvalue weighted by atomic mass is 16.3. The summed E-state index contributed by atoms with van der Waals surface area (Å²) in [5.41, 5.74) is 1.58. The first kappa shape index (κ1) is 13.5. The molecule has 0 aromatic heterocycles. The highest BCUT2D eigenvalue weighted by Gasteiger charge is 2.45. The molecule has 2 rings (SSSR count). The van der Waals surface area contributed by atoms with E-state index in [4.69, 9.17) is 5.11 Å². The number of aliphatic hydroxyl groups excluding tert-OH is 1. The molecule has 0 unspecified atom stereocenters. The number of anilines is 1. The Labute approximate surface area is 112 Å². The average molecular weight is 259 g/mol. The van der Waals surface area contributed by atoms with E-state index in [0.717, 1.165) is 23.1 Å². The van der Waals surface area contributed by atoms with Gasteiger partial charge >= 0.3 is 0 Å². The van der Waals surface area contributed by atoms with Crippen molar-refractivity contribution >= 4 is 17.9 Å². The van der Waals surface area contributed by atoms with Gasteiger partial charge in [0.25, 0.3) is 0 Å². The zero-order chi connectivity index (χ0) is 13.9. The van der Waals surface area contributed by atoms with Crippen LogP contribution < -0.4 is 5.32 Å². The lowest BCUT2D eigenvalue weighted by molar-refractivity contribution is -0.123. The number of fused-ring (bicyclic) bond motifs is 1. The molecule has 0 saturated carbocycles. The largest absolute Gasteiger partial charge is 0.392 e. The Hall–Kier alpha value is -1.94. The van der Waals surface area contributed by atoms with Gasteiger partial charge in [0.2, 0.25) is 5.91 Å². The van der Waals surface area contributed by atoms with Gasteiger partial charge < -0.3 is 15.2 Å². The van der Waals surface area contributed by atoms with E-state index < -0.39 is 5.41 Å². The van der Waals surface area contributed by atoms with Crippen LogP contribution in [0.5, 0.6) is 0 Å². The van der Waals surface area contributed by atoms with E-state index in [1.54, 1.807) is 6.92 Å². The number of carbonyl (C=O) groups is 2. The van der Waals surface area contributed by atoms with Gasteiger partial charge in [-0.3, -0.25) is 4.79 Å². The number of allylic oxidation sites excluding steroid dienone is 1. The summed E-state index contributed by atoms with van der Waals surface area (Å²) in [7, 11) is 0. The predicted octanol–water partition coefficient (Wildman–Crippen LogP) is 1.79. The third-order valence-electron chi connectivity index (χ3n) is 3.61. The van der Waals surface area contributed by atoms with Crippen molar-refractivity contribution in [1.82, 2.24) is 0 Å². The monoisotopic (exact) mass is 259 g/mol. The molecular weight excluding hydrogens is 242 g/mol. The number of hydrogen-bond acceptors (Lipinski definition) is 3. The highest BCUT2D eigenvalue weighted by Crippen LogP contribution is 2.42. The van der Waals surface area contributed by atoms with Gasteiger partial charge in [0.1, 0.15) is 6.29 Å². The molecule has 1 amide bonds. The summed E-state index contributed by atoms with van der Waals surface area (Å²) in [6.07, 6.45) is 3.17. The zero-order valence-corrected chi connectivity index (χ0v) is 10.8. The Balaban J connectivity index is 2.44. The third kappa shape index (κ3) is 2.31. The Morgan fingerprint density at radius 1 is 1.37 bits per heavy atom. The first-order valence-corrected chi connectivity index (χ1v) is 6.25. The van der Waals surface area contributed by atoms with Crippen LogP contribution in [0.4, 0.5) is 5.69 Å². The van der Waals surface area contributed by atoms with Crippen molar-refractivity contribution in [1.29, 1.82) is 0 Å². The molecule has 1 aromatic rings. The van der Waals surface area contributed by atoms with Crippen LogP contribution in [-0.4, -0.2) is 23.9 Å². The van der Waals surface area contributed by atoms with Crippen LogP contribution in [0.25, 0.3) is 0 Å². The Bertz CT molecular complexity index is 536. The highest BCUT2D eigenvalue weighted by molar-refractivity contribution is 6.07. The Kier molecular flexibility index (Phi) is 3.81. The van der Waals surface area contributed by atoms with Crippen molar-refractivity contribution in [2.24, 2.45) is 0 Å². The number of carbonyl (C=O) groups excluding carboxylic acids is 2. The minimum Gasteiger partial charge on any atom is -0.392 e. The van der Waals surface area contributed by atoms with E-state index in [2.05, 4.69) is 5.32 Å². The minimum atomic E-state index is -0.839. The number of para-hydroxylation sites is 1. The second kappa shape index (κ2) is 5.36. The molecule has 0 saturated heterocycles. The lowest BCUT2D eigenvalue weighted by atomic mass is 9.76. The van der Waals surface area contributed by atoms with Gasteiger partial charge in [-0.05, 0) is 25.0 Å². The fraction of sp³-hybridized carbons (Fsp3) is 0.333. The summed E-state index contributed by atoms with van der Waals surface area (Å²) in [6.45, 7) is 1.76. The fourth-order valence-electron chi connectivity index (χ4n) is 2.42. The molecular formula is C15H17NO3. The first-order chi connectivity index (χ1) is 9.14. The maximum atomic E-state index is 12.3. The normalized spacial score (nSPS) is 22.0. The molecule has 1 aromatic carbocycles. The number of aliphatic hydroxyl groups is 1. The summed E-state index contributed by atoms with van der Waals surface area (Å²) in [6, 6.07) is 7.42. The Morgan fingerprint density at radius 3 is 2.79 bits per heavy atom. The molecule has 1 aliphatic rings. The summed E-state index contributed by atoms with van der Waals surface area (Å²) in [5, 5.41) is 11.9. The standard InChI is InChI=1S/C15H17NO3/c1-11(10-18)6-7-15(8-9-17)12-4-2-3-5-13(12)16-14(15)19/h2-6,9,18H,7-8,10H2,1H3,(H,16,19)/b11-6+/t15-/m0/s1. The quantitative estimate of drug-likeness (QED) is 0.626. The number of aldehydes is 1. The second-order valence-corrected chi connectivity index (χ2v) is 4.87. The maximum absolute atomic E-state index is 12.3. The van der Waals surface area contributed by atoms with Crippen LogP contribution in [0, 0.1) is 0 Å². The van der Waals surface area contributed by atoms with Crippen molar-refractivity contribution in [3.63, 3.8) is 0 Å². The van der Waals surface area contributed by atoms with Crippen molar-refractivity contribution < 1.29 is 14.7 Å². The molecule has 0 fully saturated rings. The third-order valence-corrected chi connectivity index (χ3v) is 3.61. The molecule has 100 valence electrons. The number of rotatable bonds is 5. The topological polar surface area (TPSA) is 66.4 Å². The van der Waals surface area contributed by atoms with E-state index in [0.29, 0.717) is 6.42 Å². The summed E-state index contributed by atoms with van der Waals surface area (Å²) < 4.78 is 0. The molecule has 4 heteroatoms.